The van der Waals surface area contributed by atoms with Crippen LogP contribution in [0.5, 0.6) is 5.75 Å². The van der Waals surface area contributed by atoms with E-state index in [2.05, 4.69) is 20.7 Å². The third-order valence-corrected chi connectivity index (χ3v) is 5.23. The van der Waals surface area contributed by atoms with Gasteiger partial charge in [0.2, 0.25) is 0 Å². The zero-order valence-electron chi connectivity index (χ0n) is 15.8. The molecule has 0 fully saturated rings. The van der Waals surface area contributed by atoms with Crippen molar-refractivity contribution in [3.8, 4) is 11.4 Å². The van der Waals surface area contributed by atoms with Gasteiger partial charge in [-0.15, -0.1) is 0 Å². The van der Waals surface area contributed by atoms with Gasteiger partial charge in [0.05, 0.1) is 30.7 Å². The van der Waals surface area contributed by atoms with Crippen molar-refractivity contribution in [2.75, 3.05) is 19.0 Å². The minimum absolute atomic E-state index is 0.126. The number of aryl methyl sites for hydroxylation is 1. The van der Waals surface area contributed by atoms with Crippen LogP contribution in [0.15, 0.2) is 36.7 Å². The highest BCUT2D eigenvalue weighted by molar-refractivity contribution is 7.17. The summed E-state index contributed by atoms with van der Waals surface area (Å²) < 4.78 is 6.95. The van der Waals surface area contributed by atoms with Crippen LogP contribution in [0, 0.1) is 6.92 Å². The van der Waals surface area contributed by atoms with Crippen molar-refractivity contribution in [1.29, 1.82) is 0 Å². The maximum atomic E-state index is 12.6. The van der Waals surface area contributed by atoms with Gasteiger partial charge in [0.25, 0.3) is 5.91 Å². The smallest absolute Gasteiger partial charge is 0.263 e. The molecular formula is C19H23N5O2S. The number of anilines is 1. The van der Waals surface area contributed by atoms with E-state index in [4.69, 9.17) is 4.74 Å². The zero-order chi connectivity index (χ0) is 19.4. The van der Waals surface area contributed by atoms with Gasteiger partial charge in [-0.25, -0.2) is 9.67 Å². The Bertz CT molecular complexity index is 917. The van der Waals surface area contributed by atoms with Gasteiger partial charge in [0.1, 0.15) is 10.6 Å². The SMILES string of the molecule is CCNc1nc(C)c(C(=O)NC(C)c2cnn(-c3ccc(OC)cc3)c2)s1. The molecular weight excluding hydrogens is 362 g/mol. The lowest BCUT2D eigenvalue weighted by Gasteiger charge is -2.11. The summed E-state index contributed by atoms with van der Waals surface area (Å²) >= 11 is 1.37. The molecule has 3 aromatic rings. The molecule has 1 aromatic carbocycles. The molecule has 0 aliphatic rings. The monoisotopic (exact) mass is 385 g/mol. The first-order valence-corrected chi connectivity index (χ1v) is 9.54. The number of thiazole rings is 1. The highest BCUT2D eigenvalue weighted by Crippen LogP contribution is 2.24. The Kier molecular flexibility index (Phi) is 5.75. The average Bonchev–Trinajstić information content (AvgIpc) is 3.29. The number of nitrogens with one attached hydrogen (secondary N) is 2. The minimum atomic E-state index is -0.173. The third-order valence-electron chi connectivity index (χ3n) is 4.12. The summed E-state index contributed by atoms with van der Waals surface area (Å²) in [6.45, 7) is 6.56. The molecule has 27 heavy (non-hydrogen) atoms. The van der Waals surface area contributed by atoms with Crippen LogP contribution in [0.4, 0.5) is 5.13 Å². The van der Waals surface area contributed by atoms with Crippen LogP contribution >= 0.6 is 11.3 Å². The second-order valence-corrected chi connectivity index (χ2v) is 7.07. The molecule has 0 saturated carbocycles. The van der Waals surface area contributed by atoms with Gasteiger partial charge in [-0.05, 0) is 45.0 Å². The number of carbonyl (C=O) groups is 1. The van der Waals surface area contributed by atoms with Gasteiger partial charge in [-0.2, -0.15) is 5.10 Å². The molecule has 0 spiro atoms. The largest absolute Gasteiger partial charge is 0.497 e. The summed E-state index contributed by atoms with van der Waals surface area (Å²) in [6.07, 6.45) is 3.68. The van der Waals surface area contributed by atoms with E-state index in [-0.39, 0.29) is 11.9 Å². The molecule has 1 atom stereocenters. The summed E-state index contributed by atoms with van der Waals surface area (Å²) in [7, 11) is 1.64. The molecule has 2 N–H and O–H groups in total. The van der Waals surface area contributed by atoms with E-state index in [1.54, 1.807) is 18.0 Å². The van der Waals surface area contributed by atoms with E-state index < -0.39 is 0 Å². The Morgan fingerprint density at radius 3 is 2.74 bits per heavy atom. The number of rotatable bonds is 7. The number of methoxy groups -OCH3 is 1. The minimum Gasteiger partial charge on any atom is -0.497 e. The van der Waals surface area contributed by atoms with Crippen molar-refractivity contribution >= 4 is 22.4 Å². The molecule has 2 heterocycles. The summed E-state index contributed by atoms with van der Waals surface area (Å²) in [5, 5.41) is 11.3. The average molecular weight is 385 g/mol. The van der Waals surface area contributed by atoms with E-state index in [9.17, 15) is 4.79 Å². The lowest BCUT2D eigenvalue weighted by Crippen LogP contribution is -2.26. The van der Waals surface area contributed by atoms with Crippen LogP contribution in [-0.4, -0.2) is 34.3 Å². The highest BCUT2D eigenvalue weighted by atomic mass is 32.1. The van der Waals surface area contributed by atoms with Gasteiger partial charge < -0.3 is 15.4 Å². The van der Waals surface area contributed by atoms with Crippen LogP contribution in [0.3, 0.4) is 0 Å². The molecule has 0 bridgehead atoms. The number of ether oxygens (including phenoxy) is 1. The Balaban J connectivity index is 1.70. The Hall–Kier alpha value is -2.87. The predicted octanol–water partition coefficient (Wildman–Crippen LogP) is 3.57. The molecule has 2 aromatic heterocycles. The Morgan fingerprint density at radius 2 is 2.07 bits per heavy atom. The fourth-order valence-corrected chi connectivity index (χ4v) is 3.55. The number of nitrogens with zero attached hydrogens (tertiary/aromatic N) is 3. The summed E-state index contributed by atoms with van der Waals surface area (Å²) in [5.41, 5.74) is 2.58. The maximum Gasteiger partial charge on any atom is 0.263 e. The molecule has 1 unspecified atom stereocenters. The molecule has 0 aliphatic carbocycles. The van der Waals surface area contributed by atoms with Crippen molar-refractivity contribution in [2.45, 2.75) is 26.8 Å². The van der Waals surface area contributed by atoms with Gasteiger partial charge >= 0.3 is 0 Å². The second kappa shape index (κ2) is 8.22. The molecule has 8 heteroatoms. The first kappa shape index (κ1) is 18.9. The Morgan fingerprint density at radius 1 is 1.33 bits per heavy atom. The molecule has 0 aliphatic heterocycles. The first-order valence-electron chi connectivity index (χ1n) is 8.73. The molecule has 0 saturated heterocycles. The maximum absolute atomic E-state index is 12.6. The van der Waals surface area contributed by atoms with Crippen LogP contribution < -0.4 is 15.4 Å². The van der Waals surface area contributed by atoms with Gasteiger partial charge in [0, 0.05) is 18.3 Å². The fourth-order valence-electron chi connectivity index (χ4n) is 2.62. The summed E-state index contributed by atoms with van der Waals surface area (Å²) in [5.74, 6) is 0.669. The predicted molar refractivity (Wildman–Crippen MR) is 107 cm³/mol. The zero-order valence-corrected chi connectivity index (χ0v) is 16.6. The third kappa shape index (κ3) is 4.28. The van der Waals surface area contributed by atoms with Crippen LogP contribution in [-0.2, 0) is 0 Å². The lowest BCUT2D eigenvalue weighted by molar-refractivity contribution is 0.0943. The first-order chi connectivity index (χ1) is 13.0. The van der Waals surface area contributed by atoms with Crippen LogP contribution in [0.2, 0.25) is 0 Å². The van der Waals surface area contributed by atoms with Crippen LogP contribution in [0.1, 0.15) is 40.8 Å². The van der Waals surface area contributed by atoms with E-state index in [0.717, 1.165) is 34.4 Å². The number of hydrogen-bond acceptors (Lipinski definition) is 6. The quantitative estimate of drug-likeness (QED) is 0.650. The number of amides is 1. The van der Waals surface area contributed by atoms with Gasteiger partial charge in [0.15, 0.2) is 5.13 Å². The summed E-state index contributed by atoms with van der Waals surface area (Å²) in [6, 6.07) is 7.46. The molecule has 142 valence electrons. The van der Waals surface area contributed by atoms with Gasteiger partial charge in [-0.3, -0.25) is 4.79 Å². The molecule has 0 radical (unpaired) electrons. The van der Waals surface area contributed by atoms with Crippen molar-refractivity contribution in [3.63, 3.8) is 0 Å². The fraction of sp³-hybridized carbons (Fsp3) is 0.316. The van der Waals surface area contributed by atoms with Crippen LogP contribution in [0.25, 0.3) is 5.69 Å². The highest BCUT2D eigenvalue weighted by Gasteiger charge is 2.18. The van der Waals surface area contributed by atoms with E-state index in [1.165, 1.54) is 11.3 Å². The van der Waals surface area contributed by atoms with Crippen molar-refractivity contribution in [1.82, 2.24) is 20.1 Å². The van der Waals surface area contributed by atoms with Crippen molar-refractivity contribution < 1.29 is 9.53 Å². The van der Waals surface area contributed by atoms with Gasteiger partial charge in [-0.1, -0.05) is 11.3 Å². The number of hydrogen-bond donors (Lipinski definition) is 2. The van der Waals surface area contributed by atoms with Crippen molar-refractivity contribution in [2.24, 2.45) is 0 Å². The van der Waals surface area contributed by atoms with E-state index in [0.29, 0.717) is 4.88 Å². The lowest BCUT2D eigenvalue weighted by atomic mass is 10.2. The topological polar surface area (TPSA) is 81.1 Å². The number of aromatic nitrogens is 3. The normalized spacial score (nSPS) is 11.9. The second-order valence-electron chi connectivity index (χ2n) is 6.08. The standard InChI is InChI=1S/C19H23N5O2S/c1-5-20-19-23-13(3)17(27-19)18(25)22-12(2)14-10-21-24(11-14)15-6-8-16(26-4)9-7-15/h6-12H,5H2,1-4H3,(H,20,23)(H,22,25). The van der Waals surface area contributed by atoms with Crippen molar-refractivity contribution in [3.05, 3.63) is 52.8 Å². The number of benzene rings is 1. The molecule has 1 amide bonds. The van der Waals surface area contributed by atoms with E-state index >= 15 is 0 Å². The van der Waals surface area contributed by atoms with E-state index in [1.807, 2.05) is 51.2 Å². The molecule has 3 rings (SSSR count). The summed E-state index contributed by atoms with van der Waals surface area (Å²) in [4.78, 5) is 17.6. The molecule has 7 nitrogen and oxygen atoms in total. The Labute approximate surface area is 162 Å². The number of carbonyl (C=O) groups excluding carboxylic acids is 1.